The van der Waals surface area contributed by atoms with Crippen LogP contribution in [0.4, 0.5) is 10.1 Å². The van der Waals surface area contributed by atoms with Crippen molar-refractivity contribution in [3.8, 4) is 11.5 Å². The van der Waals surface area contributed by atoms with Crippen molar-refractivity contribution in [2.24, 2.45) is 0 Å². The van der Waals surface area contributed by atoms with Crippen LogP contribution < -0.4 is 19.7 Å². The monoisotopic (exact) mass is 470 g/mol. The van der Waals surface area contributed by atoms with Gasteiger partial charge in [-0.25, -0.2) is 14.1 Å². The lowest BCUT2D eigenvalue weighted by molar-refractivity contribution is -0.139. The molecule has 3 rings (SSSR count). The van der Waals surface area contributed by atoms with Crippen molar-refractivity contribution < 1.29 is 33.4 Å². The molecule has 0 aromatic heterocycles. The van der Waals surface area contributed by atoms with Crippen LogP contribution in [0.1, 0.15) is 11.1 Å². The van der Waals surface area contributed by atoms with Gasteiger partial charge in [-0.1, -0.05) is 18.2 Å². The highest BCUT2D eigenvalue weighted by Gasteiger charge is 2.35. The van der Waals surface area contributed by atoms with Crippen LogP contribution in [0.2, 0.25) is 0 Å². The van der Waals surface area contributed by atoms with E-state index in [0.29, 0.717) is 17.5 Å². The molecule has 8 nitrogen and oxygen atoms in total. The number of methoxy groups -OCH3 is 1. The Morgan fingerprint density at radius 3 is 2.67 bits per heavy atom. The number of allylic oxidation sites excluding steroid dienone is 1. The van der Waals surface area contributed by atoms with E-state index >= 15 is 0 Å². The van der Waals surface area contributed by atoms with Crippen molar-refractivity contribution in [2.45, 2.75) is 6.42 Å². The average molecular weight is 470 g/mol. The maximum Gasteiger partial charge on any atom is 0.341 e. The summed E-state index contributed by atoms with van der Waals surface area (Å²) in [5.74, 6) is -2.99. The maximum atomic E-state index is 14.3. The van der Waals surface area contributed by atoms with Crippen LogP contribution in [-0.4, -0.2) is 41.7 Å². The predicted octanol–water partition coefficient (Wildman–Crippen LogP) is 2.86. The average Bonchev–Trinajstić information content (AvgIpc) is 2.76. The largest absolute Gasteiger partial charge is 0.493 e. The molecule has 2 amide bonds. The summed E-state index contributed by atoms with van der Waals surface area (Å²) in [6, 6.07) is 8.64. The number of carboxylic acid groups (broad SMARTS) is 1. The molecule has 0 spiro atoms. The minimum Gasteiger partial charge on any atom is -0.493 e. The van der Waals surface area contributed by atoms with Crippen molar-refractivity contribution >= 4 is 46.9 Å². The fourth-order valence-electron chi connectivity index (χ4n) is 3.20. The van der Waals surface area contributed by atoms with Crippen LogP contribution in [0.25, 0.3) is 6.08 Å². The number of para-hydroxylation sites is 1. The molecule has 1 fully saturated rings. The summed E-state index contributed by atoms with van der Waals surface area (Å²) in [6.07, 6.45) is 3.19. The summed E-state index contributed by atoms with van der Waals surface area (Å²) >= 11 is 5.09. The molecule has 1 saturated heterocycles. The van der Waals surface area contributed by atoms with Crippen LogP contribution in [-0.2, 0) is 20.8 Å². The predicted molar refractivity (Wildman–Crippen MR) is 123 cm³/mol. The van der Waals surface area contributed by atoms with E-state index in [1.807, 2.05) is 0 Å². The number of anilines is 1. The highest BCUT2D eigenvalue weighted by atomic mass is 32.1. The SMILES string of the molecule is C=CCc1cc(/C=C2\C(=O)NC(=S)N(c3ccccc3F)C2=O)cc(OC)c1OCC(=O)O. The standard InChI is InChI=1S/C23H19FN2O6S/c1-3-6-14-9-13(11-18(31-2)20(14)32-12-19(27)28)10-15-21(29)25-23(33)26(22(15)30)17-8-5-4-7-16(17)24/h3-5,7-11H,1,6,12H2,2H3,(H,27,28)(H,25,29,33)/b15-10+. The quantitative estimate of drug-likeness (QED) is 0.265. The Morgan fingerprint density at radius 2 is 2.03 bits per heavy atom. The van der Waals surface area contributed by atoms with Gasteiger partial charge in [-0.3, -0.25) is 14.9 Å². The summed E-state index contributed by atoms with van der Waals surface area (Å²) < 4.78 is 25.0. The normalized spacial score (nSPS) is 14.8. The van der Waals surface area contributed by atoms with E-state index in [4.69, 9.17) is 26.8 Å². The maximum absolute atomic E-state index is 14.3. The summed E-state index contributed by atoms with van der Waals surface area (Å²) in [7, 11) is 1.37. The van der Waals surface area contributed by atoms with Gasteiger partial charge in [0.2, 0.25) is 0 Å². The third kappa shape index (κ3) is 5.07. The molecule has 0 saturated carbocycles. The van der Waals surface area contributed by atoms with Crippen LogP contribution in [0.15, 0.2) is 54.6 Å². The molecule has 0 bridgehead atoms. The number of rotatable bonds is 8. The lowest BCUT2D eigenvalue weighted by Gasteiger charge is -2.29. The minimum absolute atomic E-state index is 0.0965. The molecule has 1 aliphatic heterocycles. The molecule has 33 heavy (non-hydrogen) atoms. The topological polar surface area (TPSA) is 105 Å². The Labute approximate surface area is 193 Å². The lowest BCUT2D eigenvalue weighted by atomic mass is 10.0. The number of hydrogen-bond acceptors (Lipinski definition) is 6. The number of thiocarbonyl (C=S) groups is 1. The molecule has 0 unspecified atom stereocenters. The molecule has 2 aromatic rings. The van der Waals surface area contributed by atoms with Gasteiger partial charge in [0, 0.05) is 5.56 Å². The first-order valence-electron chi connectivity index (χ1n) is 9.59. The first kappa shape index (κ1) is 23.6. The summed E-state index contributed by atoms with van der Waals surface area (Å²) in [4.78, 5) is 37.5. The Bertz CT molecular complexity index is 1190. The molecule has 0 aliphatic carbocycles. The second-order valence-electron chi connectivity index (χ2n) is 6.80. The number of benzene rings is 2. The van der Waals surface area contributed by atoms with Gasteiger partial charge in [-0.2, -0.15) is 0 Å². The van der Waals surface area contributed by atoms with Gasteiger partial charge < -0.3 is 14.6 Å². The smallest absolute Gasteiger partial charge is 0.341 e. The van der Waals surface area contributed by atoms with Crippen LogP contribution in [0, 0.1) is 5.82 Å². The molecule has 1 aliphatic rings. The highest BCUT2D eigenvalue weighted by Crippen LogP contribution is 2.35. The Hall–Kier alpha value is -4.05. The summed E-state index contributed by atoms with van der Waals surface area (Å²) in [5.41, 5.74) is 0.548. The molecule has 170 valence electrons. The van der Waals surface area contributed by atoms with Crippen molar-refractivity contribution in [1.82, 2.24) is 5.32 Å². The summed E-state index contributed by atoms with van der Waals surface area (Å²) in [5, 5.41) is 11.1. The lowest BCUT2D eigenvalue weighted by Crippen LogP contribution is -2.54. The Morgan fingerprint density at radius 1 is 1.30 bits per heavy atom. The molecular weight excluding hydrogens is 451 g/mol. The fraction of sp³-hybridized carbons (Fsp3) is 0.130. The first-order valence-corrected chi connectivity index (χ1v) is 10.00. The zero-order valence-electron chi connectivity index (χ0n) is 17.5. The summed E-state index contributed by atoms with van der Waals surface area (Å²) in [6.45, 7) is 3.09. The molecule has 10 heteroatoms. The van der Waals surface area contributed by atoms with Gasteiger partial charge in [0.1, 0.15) is 11.4 Å². The fourth-order valence-corrected chi connectivity index (χ4v) is 3.47. The number of ether oxygens (including phenoxy) is 2. The molecule has 1 heterocycles. The highest BCUT2D eigenvalue weighted by molar-refractivity contribution is 7.80. The number of carboxylic acids is 1. The van der Waals surface area contributed by atoms with Crippen LogP contribution in [0.3, 0.4) is 0 Å². The van der Waals surface area contributed by atoms with Crippen molar-refractivity contribution in [2.75, 3.05) is 18.6 Å². The Kier molecular flexibility index (Phi) is 7.19. The van der Waals surface area contributed by atoms with Crippen molar-refractivity contribution in [3.63, 3.8) is 0 Å². The molecule has 0 radical (unpaired) electrons. The Balaban J connectivity index is 2.07. The number of nitrogens with zero attached hydrogens (tertiary/aromatic N) is 1. The van der Waals surface area contributed by atoms with Crippen LogP contribution in [0.5, 0.6) is 11.5 Å². The van der Waals surface area contributed by atoms with E-state index in [9.17, 15) is 18.8 Å². The zero-order valence-corrected chi connectivity index (χ0v) is 18.3. The second-order valence-corrected chi connectivity index (χ2v) is 7.18. The van der Waals surface area contributed by atoms with Crippen LogP contribution >= 0.6 is 12.2 Å². The molecule has 2 N–H and O–H groups in total. The van der Waals surface area contributed by atoms with E-state index in [0.717, 1.165) is 4.90 Å². The van der Waals surface area contributed by atoms with E-state index in [1.54, 1.807) is 12.1 Å². The number of hydrogen-bond donors (Lipinski definition) is 2. The van der Waals surface area contributed by atoms with Gasteiger partial charge in [-0.15, -0.1) is 6.58 Å². The molecular formula is C23H19FN2O6S. The third-order valence-corrected chi connectivity index (χ3v) is 4.87. The number of nitrogens with one attached hydrogen (secondary N) is 1. The van der Waals surface area contributed by atoms with Crippen molar-refractivity contribution in [1.29, 1.82) is 0 Å². The van der Waals surface area contributed by atoms with Gasteiger partial charge in [0.15, 0.2) is 23.2 Å². The van der Waals surface area contributed by atoms with E-state index in [1.165, 1.54) is 43.5 Å². The number of carbonyl (C=O) groups excluding carboxylic acids is 2. The molecule has 0 atom stereocenters. The number of carbonyl (C=O) groups is 3. The minimum atomic E-state index is -1.17. The number of halogens is 1. The third-order valence-electron chi connectivity index (χ3n) is 4.58. The van der Waals surface area contributed by atoms with Gasteiger partial charge in [-0.05, 0) is 54.5 Å². The van der Waals surface area contributed by atoms with Crippen molar-refractivity contribution in [3.05, 3.63) is 71.6 Å². The van der Waals surface area contributed by atoms with Gasteiger partial charge in [0.05, 0.1) is 12.8 Å². The van der Waals surface area contributed by atoms with Gasteiger partial charge >= 0.3 is 5.97 Å². The zero-order chi connectivity index (χ0) is 24.1. The first-order chi connectivity index (χ1) is 15.8. The molecule has 2 aromatic carbocycles. The van der Waals surface area contributed by atoms with E-state index in [-0.39, 0.29) is 27.9 Å². The van der Waals surface area contributed by atoms with E-state index < -0.39 is 30.2 Å². The van der Waals surface area contributed by atoms with Gasteiger partial charge in [0.25, 0.3) is 11.8 Å². The second kappa shape index (κ2) is 10.0. The number of aliphatic carboxylic acids is 1. The van der Waals surface area contributed by atoms with E-state index in [2.05, 4.69) is 11.9 Å². The number of amides is 2.